The molecule has 0 aliphatic carbocycles. The molecule has 3 heterocycles. The predicted octanol–water partition coefficient (Wildman–Crippen LogP) is 1.35. The second kappa shape index (κ2) is 5.46. The van der Waals surface area contributed by atoms with Gasteiger partial charge in [0.25, 0.3) is 0 Å². The minimum absolute atomic E-state index is 0.0111. The van der Waals surface area contributed by atoms with Crippen LogP contribution in [0.15, 0.2) is 28.9 Å². The molecule has 100 valence electrons. The van der Waals surface area contributed by atoms with Crippen molar-refractivity contribution in [2.45, 2.75) is 19.5 Å². The number of aryl methyl sites for hydroxylation is 1. The lowest BCUT2D eigenvalue weighted by Crippen LogP contribution is -2.39. The van der Waals surface area contributed by atoms with Crippen molar-refractivity contribution in [3.8, 4) is 0 Å². The molecular formula is C13H16N4O2. The highest BCUT2D eigenvalue weighted by Gasteiger charge is 2.29. The average Bonchev–Trinajstić information content (AvgIpc) is 2.87. The molecule has 0 saturated carbocycles. The van der Waals surface area contributed by atoms with Crippen LogP contribution in [-0.4, -0.2) is 39.8 Å². The molecular weight excluding hydrogens is 244 g/mol. The molecule has 6 heteroatoms. The van der Waals surface area contributed by atoms with E-state index in [2.05, 4.69) is 20.0 Å². The molecule has 0 spiro atoms. The SMILES string of the molecule is Cc1noc([C@H]2COCCN2Cc2ccccn2)n1. The first-order valence-corrected chi connectivity index (χ1v) is 6.35. The third kappa shape index (κ3) is 2.80. The molecule has 0 aromatic carbocycles. The van der Waals surface area contributed by atoms with Crippen LogP contribution in [0.2, 0.25) is 0 Å². The standard InChI is InChI=1S/C13H16N4O2/c1-10-15-13(19-16-10)12-9-18-7-6-17(12)8-11-4-2-3-5-14-11/h2-5,12H,6-9H2,1H3/t12-/m1/s1. The lowest BCUT2D eigenvalue weighted by atomic mass is 10.2. The molecule has 1 atom stereocenters. The molecule has 1 fully saturated rings. The van der Waals surface area contributed by atoms with Crippen LogP contribution >= 0.6 is 0 Å². The van der Waals surface area contributed by atoms with Gasteiger partial charge in [0, 0.05) is 19.3 Å². The van der Waals surface area contributed by atoms with E-state index in [-0.39, 0.29) is 6.04 Å². The van der Waals surface area contributed by atoms with Crippen LogP contribution in [-0.2, 0) is 11.3 Å². The second-order valence-corrected chi connectivity index (χ2v) is 4.56. The molecule has 0 amide bonds. The maximum atomic E-state index is 5.52. The van der Waals surface area contributed by atoms with Crippen LogP contribution in [0.5, 0.6) is 0 Å². The summed E-state index contributed by atoms with van der Waals surface area (Å²) >= 11 is 0. The van der Waals surface area contributed by atoms with Crippen molar-refractivity contribution in [3.63, 3.8) is 0 Å². The van der Waals surface area contributed by atoms with E-state index in [1.165, 1.54) is 0 Å². The summed E-state index contributed by atoms with van der Waals surface area (Å²) in [7, 11) is 0. The van der Waals surface area contributed by atoms with Crippen LogP contribution in [0.3, 0.4) is 0 Å². The van der Waals surface area contributed by atoms with Gasteiger partial charge in [-0.25, -0.2) is 0 Å². The monoisotopic (exact) mass is 260 g/mol. The Bertz CT molecular complexity index is 528. The molecule has 0 radical (unpaired) electrons. The van der Waals surface area contributed by atoms with E-state index in [1.807, 2.05) is 31.3 Å². The first-order chi connectivity index (χ1) is 9.33. The number of morpholine rings is 1. The van der Waals surface area contributed by atoms with Gasteiger partial charge in [0.2, 0.25) is 5.89 Å². The Labute approximate surface area is 111 Å². The third-order valence-electron chi connectivity index (χ3n) is 3.16. The summed E-state index contributed by atoms with van der Waals surface area (Å²) in [4.78, 5) is 10.9. The van der Waals surface area contributed by atoms with Crippen LogP contribution in [0, 0.1) is 6.92 Å². The fourth-order valence-corrected chi connectivity index (χ4v) is 2.20. The van der Waals surface area contributed by atoms with Gasteiger partial charge in [-0.05, 0) is 19.1 Å². The zero-order valence-corrected chi connectivity index (χ0v) is 10.8. The molecule has 6 nitrogen and oxygen atoms in total. The highest BCUT2D eigenvalue weighted by molar-refractivity contribution is 5.05. The Balaban J connectivity index is 1.77. The van der Waals surface area contributed by atoms with Gasteiger partial charge in [0.05, 0.1) is 18.9 Å². The van der Waals surface area contributed by atoms with Crippen LogP contribution in [0.1, 0.15) is 23.5 Å². The molecule has 0 bridgehead atoms. The number of pyridine rings is 1. The molecule has 1 saturated heterocycles. The van der Waals surface area contributed by atoms with Crippen LogP contribution < -0.4 is 0 Å². The topological polar surface area (TPSA) is 64.3 Å². The van der Waals surface area contributed by atoms with Gasteiger partial charge in [-0.3, -0.25) is 9.88 Å². The van der Waals surface area contributed by atoms with E-state index < -0.39 is 0 Å². The number of hydrogen-bond donors (Lipinski definition) is 0. The van der Waals surface area contributed by atoms with E-state index >= 15 is 0 Å². The Morgan fingerprint density at radius 3 is 3.11 bits per heavy atom. The van der Waals surface area contributed by atoms with Gasteiger partial charge in [-0.2, -0.15) is 4.98 Å². The Kier molecular flexibility index (Phi) is 3.52. The molecule has 1 aliphatic heterocycles. The molecule has 1 aliphatic rings. The lowest BCUT2D eigenvalue weighted by Gasteiger charge is -2.32. The molecule has 0 N–H and O–H groups in total. The van der Waals surface area contributed by atoms with E-state index in [4.69, 9.17) is 9.26 Å². The average molecular weight is 260 g/mol. The summed E-state index contributed by atoms with van der Waals surface area (Å²) in [5.74, 6) is 1.27. The Hall–Kier alpha value is -1.79. The molecule has 19 heavy (non-hydrogen) atoms. The van der Waals surface area contributed by atoms with Crippen molar-refractivity contribution in [1.82, 2.24) is 20.0 Å². The smallest absolute Gasteiger partial charge is 0.246 e. The van der Waals surface area contributed by atoms with Crippen LogP contribution in [0.4, 0.5) is 0 Å². The quantitative estimate of drug-likeness (QED) is 0.830. The summed E-state index contributed by atoms with van der Waals surface area (Å²) < 4.78 is 10.8. The summed E-state index contributed by atoms with van der Waals surface area (Å²) in [6.45, 7) is 4.71. The first kappa shape index (κ1) is 12.3. The lowest BCUT2D eigenvalue weighted by molar-refractivity contribution is -0.0246. The summed E-state index contributed by atoms with van der Waals surface area (Å²) in [6, 6.07) is 5.94. The fraction of sp³-hybridized carbons (Fsp3) is 0.462. The van der Waals surface area contributed by atoms with Crippen molar-refractivity contribution >= 4 is 0 Å². The van der Waals surface area contributed by atoms with Crippen molar-refractivity contribution in [1.29, 1.82) is 0 Å². The van der Waals surface area contributed by atoms with Gasteiger partial charge < -0.3 is 9.26 Å². The maximum absolute atomic E-state index is 5.52. The largest absolute Gasteiger partial charge is 0.378 e. The van der Waals surface area contributed by atoms with Gasteiger partial charge in [-0.1, -0.05) is 11.2 Å². The predicted molar refractivity (Wildman–Crippen MR) is 67.2 cm³/mol. The minimum Gasteiger partial charge on any atom is -0.378 e. The van der Waals surface area contributed by atoms with E-state index in [1.54, 1.807) is 0 Å². The number of hydrogen-bond acceptors (Lipinski definition) is 6. The first-order valence-electron chi connectivity index (χ1n) is 6.35. The second-order valence-electron chi connectivity index (χ2n) is 4.56. The van der Waals surface area contributed by atoms with E-state index in [9.17, 15) is 0 Å². The van der Waals surface area contributed by atoms with Gasteiger partial charge in [-0.15, -0.1) is 0 Å². The van der Waals surface area contributed by atoms with E-state index in [0.29, 0.717) is 18.3 Å². The van der Waals surface area contributed by atoms with Crippen LogP contribution in [0.25, 0.3) is 0 Å². The number of rotatable bonds is 3. The molecule has 2 aromatic heterocycles. The van der Waals surface area contributed by atoms with Gasteiger partial charge >= 0.3 is 0 Å². The van der Waals surface area contributed by atoms with Gasteiger partial charge in [0.15, 0.2) is 5.82 Å². The number of aromatic nitrogens is 3. The maximum Gasteiger partial charge on any atom is 0.246 e. The fourth-order valence-electron chi connectivity index (χ4n) is 2.20. The Morgan fingerprint density at radius 1 is 1.42 bits per heavy atom. The minimum atomic E-state index is 0.0111. The van der Waals surface area contributed by atoms with Crippen molar-refractivity contribution in [2.24, 2.45) is 0 Å². The zero-order chi connectivity index (χ0) is 13.1. The summed E-state index contributed by atoms with van der Waals surface area (Å²) in [5, 5.41) is 3.85. The molecule has 0 unspecified atom stereocenters. The van der Waals surface area contributed by atoms with E-state index in [0.717, 1.165) is 25.4 Å². The number of nitrogens with zero attached hydrogens (tertiary/aromatic N) is 4. The summed E-state index contributed by atoms with van der Waals surface area (Å²) in [5.41, 5.74) is 1.03. The van der Waals surface area contributed by atoms with Crippen molar-refractivity contribution < 1.29 is 9.26 Å². The zero-order valence-electron chi connectivity index (χ0n) is 10.8. The van der Waals surface area contributed by atoms with Crippen molar-refractivity contribution in [3.05, 3.63) is 41.8 Å². The highest BCUT2D eigenvalue weighted by atomic mass is 16.5. The van der Waals surface area contributed by atoms with Gasteiger partial charge in [0.1, 0.15) is 6.04 Å². The highest BCUT2D eigenvalue weighted by Crippen LogP contribution is 2.24. The molecule has 2 aromatic rings. The van der Waals surface area contributed by atoms with Crippen molar-refractivity contribution in [2.75, 3.05) is 19.8 Å². The third-order valence-corrected chi connectivity index (χ3v) is 3.16. The normalized spacial score (nSPS) is 20.6. The number of ether oxygens (including phenoxy) is 1. The Morgan fingerprint density at radius 2 is 2.37 bits per heavy atom. The summed E-state index contributed by atoms with van der Waals surface area (Å²) in [6.07, 6.45) is 1.81. The molecule has 3 rings (SSSR count).